The van der Waals surface area contributed by atoms with Crippen LogP contribution in [0.1, 0.15) is 110 Å². The molecule has 2 aromatic rings. The minimum atomic E-state index is 0. The number of hydrogen-bond donors (Lipinski definition) is 0. The van der Waals surface area contributed by atoms with E-state index in [1.54, 1.807) is 12.4 Å². The second kappa shape index (κ2) is 98.5. The molecule has 28 heavy (non-hydrogen) atoms. The summed E-state index contributed by atoms with van der Waals surface area (Å²) in [7, 11) is 0. The van der Waals surface area contributed by atoms with Crippen molar-refractivity contribution in [3.63, 3.8) is 0 Å². The first-order valence-corrected chi connectivity index (χ1v) is 11.3. The van der Waals surface area contributed by atoms with Crippen LogP contribution in [-0.2, 0) is 0 Å². The van der Waals surface area contributed by atoms with E-state index < -0.39 is 0 Å². The van der Waals surface area contributed by atoms with Crippen LogP contribution in [-0.4, -0.2) is 4.98 Å². The summed E-state index contributed by atoms with van der Waals surface area (Å²) < 4.78 is 0. The topological polar surface area (TPSA) is 12.9 Å². The van der Waals surface area contributed by atoms with Gasteiger partial charge in [-0.25, -0.2) is 0 Å². The molecule has 1 heterocycles. The first-order valence-electron chi connectivity index (χ1n) is 11.3. The average Bonchev–Trinajstić information content (AvgIpc) is 2.85. The fraction of sp³-hybridized carbons (Fsp3) is 0.593. The van der Waals surface area contributed by atoms with Crippen molar-refractivity contribution in [2.45, 2.75) is 111 Å². The number of rotatable bonds is 0. The normalized spacial score (nSPS) is 5.39. The largest absolute Gasteiger partial charge is 0.265 e. The third-order valence-electron chi connectivity index (χ3n) is 1.51. The molecule has 0 radical (unpaired) electrons. The minimum absolute atomic E-state index is 0. The first kappa shape index (κ1) is 50.3. The van der Waals surface area contributed by atoms with Gasteiger partial charge in [0, 0.05) is 12.4 Å². The van der Waals surface area contributed by atoms with Gasteiger partial charge >= 0.3 is 0 Å². The highest BCUT2D eigenvalue weighted by molar-refractivity contribution is 5.11. The van der Waals surface area contributed by atoms with E-state index >= 15 is 0 Å². The second-order valence-electron chi connectivity index (χ2n) is 2.68. The molecular weight excluding hydrogens is 338 g/mol. The Labute approximate surface area is 183 Å². The highest BCUT2D eigenvalue weighted by Crippen LogP contribution is 1.92. The van der Waals surface area contributed by atoms with Gasteiger partial charge in [-0.1, -0.05) is 146 Å². The minimum Gasteiger partial charge on any atom is -0.265 e. The smallest absolute Gasteiger partial charge is 0.0267 e. The molecule has 0 saturated carbocycles. The Balaban J connectivity index is -0.0000000292. The molecule has 1 aromatic carbocycles. The van der Waals surface area contributed by atoms with Crippen molar-refractivity contribution >= 4 is 0 Å². The van der Waals surface area contributed by atoms with Crippen LogP contribution in [0.5, 0.6) is 0 Å². The molecule has 0 N–H and O–H groups in total. The maximum atomic E-state index is 3.78. The molecule has 0 atom stereocenters. The van der Waals surface area contributed by atoms with Gasteiger partial charge in [0.05, 0.1) is 0 Å². The van der Waals surface area contributed by atoms with E-state index in [0.717, 1.165) is 0 Å². The lowest BCUT2D eigenvalue weighted by Gasteiger charge is -1.82. The predicted octanol–water partition coefficient (Wildman–Crippen LogP) is 10.9. The van der Waals surface area contributed by atoms with Crippen molar-refractivity contribution in [3.05, 3.63) is 66.5 Å². The Morgan fingerprint density at radius 2 is 0.679 bits per heavy atom. The summed E-state index contributed by atoms with van der Waals surface area (Å²) >= 11 is 0. The molecule has 0 saturated heterocycles. The third kappa shape index (κ3) is 87.0. The molecule has 1 nitrogen and oxygen atoms in total. The number of aryl methyl sites for hydroxylation is 1. The van der Waals surface area contributed by atoms with Crippen LogP contribution in [0.2, 0.25) is 0 Å². The Bertz CT molecular complexity index is 277. The van der Waals surface area contributed by atoms with E-state index in [2.05, 4.69) is 24.0 Å². The average molecular weight is 398 g/mol. The summed E-state index contributed by atoms with van der Waals surface area (Å²) in [6.07, 6.45) is 3.50. The van der Waals surface area contributed by atoms with Gasteiger partial charge in [-0.2, -0.15) is 0 Å². The maximum absolute atomic E-state index is 3.78. The fourth-order valence-corrected chi connectivity index (χ4v) is 0.847. The summed E-state index contributed by atoms with van der Waals surface area (Å²) in [5, 5.41) is 0. The molecule has 0 unspecified atom stereocenters. The molecule has 2 rings (SSSR count). The zero-order valence-corrected chi connectivity index (χ0v) is 21.7. The van der Waals surface area contributed by atoms with E-state index in [0.29, 0.717) is 0 Å². The molecule has 0 aliphatic rings. The lowest BCUT2D eigenvalue weighted by Crippen LogP contribution is -1.62. The molecule has 172 valence electrons. The van der Waals surface area contributed by atoms with Crippen LogP contribution >= 0.6 is 0 Å². The number of nitrogens with zero attached hydrogens (tertiary/aromatic N) is 1. The van der Waals surface area contributed by atoms with Gasteiger partial charge in [0.25, 0.3) is 0 Å². The maximum Gasteiger partial charge on any atom is 0.0267 e. The zero-order valence-electron chi connectivity index (χ0n) is 21.7. The lowest BCUT2D eigenvalue weighted by molar-refractivity contribution is 1.33. The molecular formula is C27H59N. The monoisotopic (exact) mass is 397 g/mol. The first-order chi connectivity index (χ1) is 13.4. The van der Waals surface area contributed by atoms with Crippen molar-refractivity contribution in [3.8, 4) is 0 Å². The SMILES string of the molecule is C.CC.CC.CC.CC.CC.CC.CC.Cc1ccccc1.c1ccncc1. The van der Waals surface area contributed by atoms with Crippen LogP contribution < -0.4 is 0 Å². The molecule has 0 spiro atoms. The standard InChI is InChI=1S/C7H8.C5H5N.7C2H6.CH4/c1-7-5-3-2-4-6-7;1-2-4-6-5-3-1;7*1-2;/h2-6H,1H3;1-5H;7*1-2H3;1H4. The van der Waals surface area contributed by atoms with Crippen LogP contribution in [0.4, 0.5) is 0 Å². The van der Waals surface area contributed by atoms with Crippen LogP contribution in [0.3, 0.4) is 0 Å². The summed E-state index contributed by atoms with van der Waals surface area (Å²) in [5.74, 6) is 0. The number of hydrogen-bond acceptors (Lipinski definition) is 1. The molecule has 0 aliphatic carbocycles. The Morgan fingerprint density at radius 1 is 0.429 bits per heavy atom. The van der Waals surface area contributed by atoms with Gasteiger partial charge in [-0.05, 0) is 19.1 Å². The van der Waals surface area contributed by atoms with Gasteiger partial charge in [-0.15, -0.1) is 0 Å². The summed E-state index contributed by atoms with van der Waals surface area (Å²) in [6.45, 7) is 30.1. The van der Waals surface area contributed by atoms with Gasteiger partial charge < -0.3 is 0 Å². The second-order valence-corrected chi connectivity index (χ2v) is 2.68. The van der Waals surface area contributed by atoms with E-state index in [-0.39, 0.29) is 7.43 Å². The highest BCUT2D eigenvalue weighted by atomic mass is 14.6. The third-order valence-corrected chi connectivity index (χ3v) is 1.51. The molecule has 1 aromatic heterocycles. The van der Waals surface area contributed by atoms with Crippen LogP contribution in [0.25, 0.3) is 0 Å². The fourth-order valence-electron chi connectivity index (χ4n) is 0.847. The van der Waals surface area contributed by atoms with E-state index in [4.69, 9.17) is 0 Å². The van der Waals surface area contributed by atoms with Gasteiger partial charge in [0.1, 0.15) is 0 Å². The molecule has 0 fully saturated rings. The van der Waals surface area contributed by atoms with Crippen molar-refractivity contribution in [1.29, 1.82) is 0 Å². The van der Waals surface area contributed by atoms with Crippen molar-refractivity contribution in [2.75, 3.05) is 0 Å². The quantitative estimate of drug-likeness (QED) is 0.430. The lowest BCUT2D eigenvalue weighted by atomic mass is 10.2. The van der Waals surface area contributed by atoms with Gasteiger partial charge in [0.2, 0.25) is 0 Å². The Hall–Kier alpha value is -1.63. The Kier molecular flexibility index (Phi) is 177. The van der Waals surface area contributed by atoms with Crippen LogP contribution in [0, 0.1) is 6.92 Å². The highest BCUT2D eigenvalue weighted by Gasteiger charge is 1.72. The predicted molar refractivity (Wildman–Crippen MR) is 142 cm³/mol. The summed E-state index contributed by atoms with van der Waals surface area (Å²) in [6, 6.07) is 16.0. The molecule has 1 heteroatoms. The van der Waals surface area contributed by atoms with Crippen LogP contribution in [0.15, 0.2) is 60.9 Å². The van der Waals surface area contributed by atoms with Gasteiger partial charge in [-0.3, -0.25) is 4.98 Å². The van der Waals surface area contributed by atoms with Gasteiger partial charge in [0.15, 0.2) is 0 Å². The molecule has 0 bridgehead atoms. The number of benzene rings is 1. The van der Waals surface area contributed by atoms with E-state index in [1.807, 2.05) is 133 Å². The summed E-state index contributed by atoms with van der Waals surface area (Å²) in [5.41, 5.74) is 1.32. The van der Waals surface area contributed by atoms with E-state index in [9.17, 15) is 0 Å². The molecule has 0 aliphatic heterocycles. The van der Waals surface area contributed by atoms with Crippen molar-refractivity contribution < 1.29 is 0 Å². The zero-order chi connectivity index (χ0) is 23.4. The van der Waals surface area contributed by atoms with Crippen molar-refractivity contribution in [1.82, 2.24) is 4.98 Å². The molecule has 0 amide bonds. The van der Waals surface area contributed by atoms with E-state index in [1.165, 1.54) is 5.56 Å². The van der Waals surface area contributed by atoms with Crippen molar-refractivity contribution in [2.24, 2.45) is 0 Å². The number of aromatic nitrogens is 1. The Morgan fingerprint density at radius 3 is 0.786 bits per heavy atom. The number of pyridine rings is 1. The summed E-state index contributed by atoms with van der Waals surface area (Å²) in [4.78, 5) is 3.78.